The molecule has 3 heterocycles. The monoisotopic (exact) mass is 690 g/mol. The number of fused-ring (bicyclic) bond motifs is 2. The number of nitrogens with one attached hydrogen (secondary N) is 2. The molecule has 2 aromatic carbocycles. The molecule has 10 heteroatoms. The maximum absolute atomic E-state index is 14.4. The Kier molecular flexibility index (Phi) is 14.0. The second kappa shape index (κ2) is 18.6. The first-order valence-corrected chi connectivity index (χ1v) is 18.5. The molecule has 3 aromatic rings. The molecular weight excluding hydrogens is 632 g/mol. The minimum Gasteiger partial charge on any atom is -0.507 e. The summed E-state index contributed by atoms with van der Waals surface area (Å²) >= 11 is 0. The van der Waals surface area contributed by atoms with Gasteiger partial charge in [0, 0.05) is 75.6 Å². The summed E-state index contributed by atoms with van der Waals surface area (Å²) in [5.74, 6) is 1.51. The molecular formula is C40H58N4O6. The van der Waals surface area contributed by atoms with Crippen LogP contribution in [-0.4, -0.2) is 101 Å². The number of phenolic OH excluding ortho intramolecular Hbond substituents is 1. The number of hydrogen-bond donors (Lipinski definition) is 3. The molecule has 0 unspecified atom stereocenters. The van der Waals surface area contributed by atoms with Gasteiger partial charge in [0.2, 0.25) is 5.43 Å². The van der Waals surface area contributed by atoms with Crippen LogP contribution in [0.5, 0.6) is 23.0 Å². The van der Waals surface area contributed by atoms with Crippen LogP contribution in [0, 0.1) is 0 Å². The van der Waals surface area contributed by atoms with E-state index in [2.05, 4.69) is 26.5 Å². The van der Waals surface area contributed by atoms with Gasteiger partial charge in [-0.1, -0.05) is 23.3 Å². The Labute approximate surface area is 297 Å². The summed E-state index contributed by atoms with van der Waals surface area (Å²) in [6, 6.07) is 3.54. The average Bonchev–Trinajstić information content (AvgIpc) is 3.10. The number of hydrogen-bond acceptors (Lipinski definition) is 10. The van der Waals surface area contributed by atoms with E-state index >= 15 is 0 Å². The number of unbranched alkanes of at least 4 members (excludes halogenated alkanes) is 2. The largest absolute Gasteiger partial charge is 0.507 e. The molecule has 2 aliphatic heterocycles. The minimum absolute atomic E-state index is 0.0941. The molecule has 2 fully saturated rings. The van der Waals surface area contributed by atoms with Crippen molar-refractivity contribution in [3.63, 3.8) is 0 Å². The molecule has 0 amide bonds. The molecule has 0 radical (unpaired) electrons. The Balaban J connectivity index is 1.47. The lowest BCUT2D eigenvalue weighted by Gasteiger charge is -2.27. The smallest absolute Gasteiger partial charge is 0.204 e. The van der Waals surface area contributed by atoms with E-state index in [0.717, 1.165) is 102 Å². The van der Waals surface area contributed by atoms with Crippen LogP contribution in [0.2, 0.25) is 0 Å². The van der Waals surface area contributed by atoms with Crippen LogP contribution in [0.25, 0.3) is 21.9 Å². The van der Waals surface area contributed by atoms with Gasteiger partial charge in [-0.3, -0.25) is 4.79 Å². The van der Waals surface area contributed by atoms with Crippen molar-refractivity contribution in [3.05, 3.63) is 56.8 Å². The molecule has 0 atom stereocenters. The molecule has 0 saturated carbocycles. The Hall–Kier alpha value is -3.57. The molecule has 10 nitrogen and oxygen atoms in total. The van der Waals surface area contributed by atoms with Crippen LogP contribution >= 0.6 is 0 Å². The molecule has 0 spiro atoms. The third kappa shape index (κ3) is 9.81. The molecule has 1 aromatic heterocycles. The summed E-state index contributed by atoms with van der Waals surface area (Å²) in [7, 11) is 1.61. The van der Waals surface area contributed by atoms with Crippen molar-refractivity contribution >= 4 is 21.9 Å². The van der Waals surface area contributed by atoms with Crippen LogP contribution in [-0.2, 0) is 12.8 Å². The van der Waals surface area contributed by atoms with E-state index in [-0.39, 0.29) is 22.1 Å². The highest BCUT2D eigenvalue weighted by Crippen LogP contribution is 2.41. The van der Waals surface area contributed by atoms with Gasteiger partial charge < -0.3 is 44.2 Å². The topological polar surface area (TPSA) is 109 Å². The fourth-order valence-corrected chi connectivity index (χ4v) is 6.78. The lowest BCUT2D eigenvalue weighted by molar-refractivity contribution is 0.224. The van der Waals surface area contributed by atoms with E-state index in [4.69, 9.17) is 18.6 Å². The first kappa shape index (κ1) is 37.7. The normalized spacial score (nSPS) is 15.7. The number of benzene rings is 2. The fraction of sp³-hybridized carbons (Fsp3) is 0.575. The Morgan fingerprint density at radius 3 is 1.80 bits per heavy atom. The highest BCUT2D eigenvalue weighted by atomic mass is 16.5. The van der Waals surface area contributed by atoms with Gasteiger partial charge in [-0.15, -0.1) is 0 Å². The van der Waals surface area contributed by atoms with Crippen molar-refractivity contribution in [1.29, 1.82) is 0 Å². The van der Waals surface area contributed by atoms with E-state index in [1.54, 1.807) is 19.2 Å². The van der Waals surface area contributed by atoms with Crippen molar-refractivity contribution in [2.45, 2.75) is 66.2 Å². The van der Waals surface area contributed by atoms with Gasteiger partial charge in [-0.05, 0) is 79.3 Å². The van der Waals surface area contributed by atoms with Gasteiger partial charge in [-0.2, -0.15) is 0 Å². The maximum Gasteiger partial charge on any atom is 0.204 e. The molecule has 3 N–H and O–H groups in total. The predicted octanol–water partition coefficient (Wildman–Crippen LogP) is 5.81. The highest BCUT2D eigenvalue weighted by molar-refractivity contribution is 5.98. The summed E-state index contributed by atoms with van der Waals surface area (Å²) in [5.41, 5.74) is 3.90. The number of allylic oxidation sites excluding steroid dienone is 4. The number of nitrogens with zero attached hydrogens (tertiary/aromatic N) is 2. The number of methoxy groups -OCH3 is 1. The SMILES string of the molecule is COc1c(OCCCCN2CCNCC2)cc2oc3cc(OCCCCN4CCNCC4)c(CC=C(C)C)c(O)c3c(=O)c2c1CC=C(C)C. The third-order valence-electron chi connectivity index (χ3n) is 9.62. The number of rotatable bonds is 17. The lowest BCUT2D eigenvalue weighted by Crippen LogP contribution is -2.43. The zero-order chi connectivity index (χ0) is 35.5. The van der Waals surface area contributed by atoms with Gasteiger partial charge in [-0.25, -0.2) is 0 Å². The second-order valence-corrected chi connectivity index (χ2v) is 14.0. The highest BCUT2D eigenvalue weighted by Gasteiger charge is 2.24. The van der Waals surface area contributed by atoms with Crippen molar-refractivity contribution in [3.8, 4) is 23.0 Å². The van der Waals surface area contributed by atoms with Crippen molar-refractivity contribution in [1.82, 2.24) is 20.4 Å². The standard InChI is InChI=1S/C40H58N4O6/c1-28(2)10-12-30-32(48-24-8-6-18-43-20-14-41-15-21-43)26-34-37(38(30)45)39(46)36-31(13-11-29(3)4)40(47-5)35(27-33(36)50-34)49-25-9-7-19-44-22-16-42-17-23-44/h10-11,26-27,41-42,45H,6-9,12-25H2,1-5H3. The summed E-state index contributed by atoms with van der Waals surface area (Å²) in [6.45, 7) is 19.7. The lowest BCUT2D eigenvalue weighted by atomic mass is 9.98. The van der Waals surface area contributed by atoms with E-state index in [0.29, 0.717) is 65.4 Å². The van der Waals surface area contributed by atoms with Crippen LogP contribution in [0.1, 0.15) is 64.5 Å². The van der Waals surface area contributed by atoms with E-state index in [1.807, 2.05) is 33.8 Å². The molecule has 2 aliphatic rings. The summed E-state index contributed by atoms with van der Waals surface area (Å²) in [6.07, 6.45) is 8.84. The van der Waals surface area contributed by atoms with Crippen LogP contribution < -0.4 is 30.3 Å². The average molecular weight is 691 g/mol. The Bertz CT molecular complexity index is 1690. The maximum atomic E-state index is 14.4. The van der Waals surface area contributed by atoms with Gasteiger partial charge in [0.15, 0.2) is 11.5 Å². The zero-order valence-corrected chi connectivity index (χ0v) is 30.9. The quantitative estimate of drug-likeness (QED) is 0.0913. The number of phenols is 1. The molecule has 274 valence electrons. The van der Waals surface area contributed by atoms with Crippen LogP contribution in [0.15, 0.2) is 44.6 Å². The van der Waals surface area contributed by atoms with E-state index < -0.39 is 0 Å². The number of ether oxygens (including phenoxy) is 3. The predicted molar refractivity (Wildman–Crippen MR) is 203 cm³/mol. The molecule has 0 aliphatic carbocycles. The number of aromatic hydroxyl groups is 1. The first-order valence-electron chi connectivity index (χ1n) is 18.5. The van der Waals surface area contributed by atoms with Gasteiger partial charge in [0.25, 0.3) is 0 Å². The van der Waals surface area contributed by atoms with E-state index in [1.165, 1.54) is 0 Å². The van der Waals surface area contributed by atoms with Gasteiger partial charge >= 0.3 is 0 Å². The van der Waals surface area contributed by atoms with E-state index in [9.17, 15) is 9.90 Å². The molecule has 5 rings (SSSR count). The van der Waals surface area contributed by atoms with Gasteiger partial charge in [0.1, 0.15) is 28.1 Å². The van der Waals surface area contributed by atoms with Crippen LogP contribution in [0.4, 0.5) is 0 Å². The third-order valence-corrected chi connectivity index (χ3v) is 9.62. The minimum atomic E-state index is -0.294. The van der Waals surface area contributed by atoms with Crippen molar-refractivity contribution < 1.29 is 23.7 Å². The molecule has 2 saturated heterocycles. The zero-order valence-electron chi connectivity index (χ0n) is 30.9. The Morgan fingerprint density at radius 2 is 1.26 bits per heavy atom. The first-order chi connectivity index (χ1) is 24.3. The number of piperazine rings is 2. The molecule has 50 heavy (non-hydrogen) atoms. The summed E-state index contributed by atoms with van der Waals surface area (Å²) in [5, 5.41) is 19.1. The van der Waals surface area contributed by atoms with Crippen molar-refractivity contribution in [2.75, 3.05) is 85.8 Å². The van der Waals surface area contributed by atoms with Crippen molar-refractivity contribution in [2.24, 2.45) is 0 Å². The second-order valence-electron chi connectivity index (χ2n) is 14.0. The summed E-state index contributed by atoms with van der Waals surface area (Å²) in [4.78, 5) is 19.4. The fourth-order valence-electron chi connectivity index (χ4n) is 6.78. The van der Waals surface area contributed by atoms with Gasteiger partial charge in [0.05, 0.1) is 25.7 Å². The van der Waals surface area contributed by atoms with Crippen LogP contribution in [0.3, 0.4) is 0 Å². The molecule has 0 bridgehead atoms. The Morgan fingerprint density at radius 1 is 0.760 bits per heavy atom. The summed E-state index contributed by atoms with van der Waals surface area (Å²) < 4.78 is 25.1.